The number of rotatable bonds is 2. The van der Waals surface area contributed by atoms with Crippen molar-refractivity contribution in [3.63, 3.8) is 0 Å². The number of piperazine rings is 1. The largest absolute Gasteiger partial charge is 0.479 e. The lowest BCUT2D eigenvalue weighted by Gasteiger charge is -2.29. The molecule has 0 aliphatic carbocycles. The Kier molecular flexibility index (Phi) is 4.21. The molecule has 0 saturated carbocycles. The third kappa shape index (κ3) is 2.73. The Balaban J connectivity index is 1.57. The summed E-state index contributed by atoms with van der Waals surface area (Å²) in [6, 6.07) is 5.14. The first-order valence-electron chi connectivity index (χ1n) is 9.23. The minimum absolute atomic E-state index is 0.0214. The fraction of sp³-hybridized carbons (Fsp3) is 0.300. The van der Waals surface area contributed by atoms with E-state index in [4.69, 9.17) is 16.3 Å². The third-order valence-electron chi connectivity index (χ3n) is 5.35. The molecule has 1 unspecified atom stereocenters. The van der Waals surface area contributed by atoms with Crippen molar-refractivity contribution in [1.29, 1.82) is 0 Å². The van der Waals surface area contributed by atoms with Gasteiger partial charge in [-0.1, -0.05) is 11.6 Å². The Labute approximate surface area is 165 Å². The Bertz CT molecular complexity index is 1080. The van der Waals surface area contributed by atoms with E-state index in [1.54, 1.807) is 29.4 Å². The van der Waals surface area contributed by atoms with Gasteiger partial charge in [-0.15, -0.1) is 0 Å². The van der Waals surface area contributed by atoms with Crippen molar-refractivity contribution in [2.45, 2.75) is 12.5 Å². The number of benzene rings is 1. The van der Waals surface area contributed by atoms with Crippen molar-refractivity contribution in [2.75, 3.05) is 26.2 Å². The van der Waals surface area contributed by atoms with E-state index in [9.17, 15) is 4.79 Å². The normalized spacial score (nSPS) is 18.9. The molecule has 8 heteroatoms. The number of carbonyl (C=O) groups is 1. The van der Waals surface area contributed by atoms with Crippen LogP contribution < -0.4 is 10.1 Å². The number of amides is 1. The summed E-state index contributed by atoms with van der Waals surface area (Å²) in [5.74, 6) is -0.227. The van der Waals surface area contributed by atoms with E-state index in [2.05, 4.69) is 15.3 Å². The van der Waals surface area contributed by atoms with Crippen LogP contribution in [0.25, 0.3) is 22.2 Å². The highest BCUT2D eigenvalue weighted by atomic mass is 35.5. The average molecular weight is 401 g/mol. The lowest BCUT2D eigenvalue weighted by molar-refractivity contribution is -0.138. The first kappa shape index (κ1) is 17.5. The first-order valence-corrected chi connectivity index (χ1v) is 9.61. The van der Waals surface area contributed by atoms with Crippen LogP contribution in [0, 0.1) is 5.82 Å². The molecule has 0 radical (unpaired) electrons. The number of ether oxygens (including phenoxy) is 1. The zero-order valence-corrected chi connectivity index (χ0v) is 15.7. The van der Waals surface area contributed by atoms with Crippen LogP contribution in [-0.4, -0.2) is 53.1 Å². The van der Waals surface area contributed by atoms with Crippen molar-refractivity contribution in [2.24, 2.45) is 0 Å². The topological polar surface area (TPSA) is 70.2 Å². The molecule has 1 saturated heterocycles. The number of carbonyl (C=O) groups excluding carboxylic acids is 1. The molecule has 2 aromatic heterocycles. The lowest BCUT2D eigenvalue weighted by atomic mass is 9.98. The van der Waals surface area contributed by atoms with E-state index in [1.807, 2.05) is 6.07 Å². The average Bonchev–Trinajstić information content (AvgIpc) is 3.36. The number of nitrogens with one attached hydrogen (secondary N) is 2. The second-order valence-electron chi connectivity index (χ2n) is 7.02. The van der Waals surface area contributed by atoms with Gasteiger partial charge >= 0.3 is 0 Å². The van der Waals surface area contributed by atoms with E-state index >= 15 is 4.39 Å². The van der Waals surface area contributed by atoms with Gasteiger partial charge in [0, 0.05) is 61.5 Å². The molecular weight excluding hydrogens is 383 g/mol. The molecule has 4 heterocycles. The molecular formula is C20H18ClFN4O2. The zero-order valence-electron chi connectivity index (χ0n) is 15.0. The van der Waals surface area contributed by atoms with Crippen LogP contribution in [0.4, 0.5) is 4.39 Å². The summed E-state index contributed by atoms with van der Waals surface area (Å²) in [7, 11) is 0. The zero-order chi connectivity index (χ0) is 19.3. The Morgan fingerprint density at radius 1 is 1.32 bits per heavy atom. The highest BCUT2D eigenvalue weighted by Gasteiger charge is 2.36. The summed E-state index contributed by atoms with van der Waals surface area (Å²) >= 11 is 6.19. The van der Waals surface area contributed by atoms with Crippen LogP contribution in [0.5, 0.6) is 5.75 Å². The number of hydrogen-bond donors (Lipinski definition) is 2. The van der Waals surface area contributed by atoms with Gasteiger partial charge in [0.25, 0.3) is 5.91 Å². The molecule has 0 spiro atoms. The van der Waals surface area contributed by atoms with E-state index in [-0.39, 0.29) is 16.5 Å². The number of fused-ring (bicyclic) bond motifs is 2. The number of aromatic amines is 1. The van der Waals surface area contributed by atoms with Gasteiger partial charge in [-0.2, -0.15) is 0 Å². The maximum absolute atomic E-state index is 15.1. The molecule has 2 N–H and O–H groups in total. The highest BCUT2D eigenvalue weighted by Crippen LogP contribution is 2.45. The van der Waals surface area contributed by atoms with Crippen molar-refractivity contribution in [3.8, 4) is 16.9 Å². The van der Waals surface area contributed by atoms with Gasteiger partial charge in [-0.05, 0) is 18.2 Å². The van der Waals surface area contributed by atoms with Gasteiger partial charge in [0.1, 0.15) is 11.4 Å². The van der Waals surface area contributed by atoms with Crippen molar-refractivity contribution in [1.82, 2.24) is 20.2 Å². The molecule has 2 aliphatic rings. The fourth-order valence-corrected chi connectivity index (χ4v) is 4.20. The third-order valence-corrected chi connectivity index (χ3v) is 5.62. The van der Waals surface area contributed by atoms with Gasteiger partial charge in [-0.25, -0.2) is 9.37 Å². The van der Waals surface area contributed by atoms with Crippen LogP contribution in [0.3, 0.4) is 0 Å². The SMILES string of the molecule is O=C(C1Cc2cc(Cl)c(F)c(-c3ccnc4[nH]ccc34)c2O1)N1CCNCC1. The molecule has 2 aliphatic heterocycles. The molecule has 6 nitrogen and oxygen atoms in total. The predicted octanol–water partition coefficient (Wildman–Crippen LogP) is 2.76. The second kappa shape index (κ2) is 6.76. The van der Waals surface area contributed by atoms with Crippen LogP contribution in [0.2, 0.25) is 5.02 Å². The first-order chi connectivity index (χ1) is 13.6. The summed E-state index contributed by atoms with van der Waals surface area (Å²) < 4.78 is 21.1. The predicted molar refractivity (Wildman–Crippen MR) is 104 cm³/mol. The van der Waals surface area contributed by atoms with Gasteiger partial charge < -0.3 is 19.9 Å². The molecule has 28 heavy (non-hydrogen) atoms. The van der Waals surface area contributed by atoms with Gasteiger partial charge in [0.2, 0.25) is 0 Å². The van der Waals surface area contributed by atoms with E-state index in [1.165, 1.54) is 0 Å². The Morgan fingerprint density at radius 2 is 2.14 bits per heavy atom. The van der Waals surface area contributed by atoms with Crippen molar-refractivity contribution >= 4 is 28.5 Å². The second-order valence-corrected chi connectivity index (χ2v) is 7.43. The van der Waals surface area contributed by atoms with Crippen molar-refractivity contribution < 1.29 is 13.9 Å². The molecule has 1 atom stereocenters. The van der Waals surface area contributed by atoms with E-state index in [0.717, 1.165) is 24.0 Å². The number of hydrogen-bond acceptors (Lipinski definition) is 4. The monoisotopic (exact) mass is 400 g/mol. The molecule has 1 fully saturated rings. The quantitative estimate of drug-likeness (QED) is 0.694. The number of H-pyrrole nitrogens is 1. The standard InChI is InChI=1S/C20H18ClFN4O2/c21-14-9-11-10-15(20(27)26-7-5-23-6-8-26)28-18(11)16(17(14)22)12-1-3-24-19-13(12)2-4-25-19/h1-4,9,15,23H,5-8,10H2,(H,24,25). The number of nitrogens with zero attached hydrogens (tertiary/aromatic N) is 2. The summed E-state index contributed by atoms with van der Waals surface area (Å²) in [5, 5.41) is 4.02. The lowest BCUT2D eigenvalue weighted by Crippen LogP contribution is -2.50. The minimum Gasteiger partial charge on any atom is -0.479 e. The van der Waals surface area contributed by atoms with Crippen LogP contribution in [0.1, 0.15) is 5.56 Å². The number of pyridine rings is 1. The van der Waals surface area contributed by atoms with E-state index in [0.29, 0.717) is 36.5 Å². The summed E-state index contributed by atoms with van der Waals surface area (Å²) in [6.45, 7) is 2.82. The number of halogens is 2. The Morgan fingerprint density at radius 3 is 2.96 bits per heavy atom. The molecule has 1 aromatic carbocycles. The van der Waals surface area contributed by atoms with E-state index < -0.39 is 11.9 Å². The van der Waals surface area contributed by atoms with Crippen LogP contribution in [-0.2, 0) is 11.2 Å². The van der Waals surface area contributed by atoms with Gasteiger partial charge in [0.05, 0.1) is 10.6 Å². The van der Waals surface area contributed by atoms with Crippen molar-refractivity contribution in [3.05, 3.63) is 47.0 Å². The highest BCUT2D eigenvalue weighted by molar-refractivity contribution is 6.31. The number of aromatic nitrogens is 2. The van der Waals surface area contributed by atoms with Gasteiger partial charge in [-0.3, -0.25) is 4.79 Å². The maximum atomic E-state index is 15.1. The fourth-order valence-electron chi connectivity index (χ4n) is 3.98. The summed E-state index contributed by atoms with van der Waals surface area (Å²) in [5.41, 5.74) is 2.32. The Hall–Kier alpha value is -2.64. The summed E-state index contributed by atoms with van der Waals surface area (Å²) in [4.78, 5) is 22.0. The van der Waals surface area contributed by atoms with Crippen LogP contribution in [0.15, 0.2) is 30.6 Å². The maximum Gasteiger partial charge on any atom is 0.264 e. The molecule has 5 rings (SSSR count). The smallest absolute Gasteiger partial charge is 0.264 e. The molecule has 0 bridgehead atoms. The summed E-state index contributed by atoms with van der Waals surface area (Å²) in [6.07, 6.45) is 3.08. The molecule has 1 amide bonds. The molecule has 3 aromatic rings. The van der Waals surface area contributed by atoms with Crippen LogP contribution >= 0.6 is 11.6 Å². The van der Waals surface area contributed by atoms with Gasteiger partial charge in [0.15, 0.2) is 11.9 Å². The minimum atomic E-state index is -0.659. The molecule has 144 valence electrons.